The minimum atomic E-state index is -4.24. The number of halogens is 3. The maximum Gasteiger partial charge on any atom is 0.405 e. The first-order valence-electron chi connectivity index (χ1n) is 6.65. The molecule has 1 aromatic heterocycles. The van der Waals surface area contributed by atoms with Crippen LogP contribution in [-0.2, 0) is 6.54 Å². The molecule has 4 nitrogen and oxygen atoms in total. The lowest BCUT2D eigenvalue weighted by atomic mass is 10.2. The number of nitrogens with one attached hydrogen (secondary N) is 1. The molecule has 0 aliphatic carbocycles. The summed E-state index contributed by atoms with van der Waals surface area (Å²) in [5, 5.41) is 3.21. The predicted molar refractivity (Wildman–Crippen MR) is 72.5 cm³/mol. The minimum Gasteiger partial charge on any atom is -0.347 e. The van der Waals surface area contributed by atoms with E-state index in [1.165, 1.54) is 12.4 Å². The maximum absolute atomic E-state index is 12.4. The molecule has 1 aromatic rings. The van der Waals surface area contributed by atoms with Gasteiger partial charge >= 0.3 is 6.18 Å². The Balaban J connectivity index is 2.60. The van der Waals surface area contributed by atoms with Gasteiger partial charge in [0.1, 0.15) is 12.4 Å². The van der Waals surface area contributed by atoms with Crippen molar-refractivity contribution in [2.45, 2.75) is 33.5 Å². The van der Waals surface area contributed by atoms with Gasteiger partial charge in [0.15, 0.2) is 0 Å². The van der Waals surface area contributed by atoms with Crippen LogP contribution in [0.5, 0.6) is 0 Å². The highest BCUT2D eigenvalue weighted by Gasteiger charge is 2.30. The first kappa shape index (κ1) is 16.7. The summed E-state index contributed by atoms with van der Waals surface area (Å²) >= 11 is 0. The van der Waals surface area contributed by atoms with Gasteiger partial charge in [0.25, 0.3) is 0 Å². The number of hydrogen-bond donors (Lipinski definition) is 1. The minimum absolute atomic E-state index is 0.235. The largest absolute Gasteiger partial charge is 0.405 e. The fourth-order valence-electron chi connectivity index (χ4n) is 1.66. The molecule has 0 aromatic carbocycles. The Morgan fingerprint density at radius 3 is 2.40 bits per heavy atom. The van der Waals surface area contributed by atoms with Crippen LogP contribution in [0.2, 0.25) is 0 Å². The molecule has 20 heavy (non-hydrogen) atoms. The van der Waals surface area contributed by atoms with E-state index in [4.69, 9.17) is 0 Å². The summed E-state index contributed by atoms with van der Waals surface area (Å²) in [6.45, 7) is 6.50. The number of hydrogen-bond acceptors (Lipinski definition) is 4. The SMILES string of the molecule is CCN(CC(F)(F)F)c1cnc(CNCC(C)C)cn1. The molecule has 0 unspecified atom stereocenters. The van der Waals surface area contributed by atoms with E-state index in [1.54, 1.807) is 6.92 Å². The van der Waals surface area contributed by atoms with Crippen LogP contribution < -0.4 is 10.2 Å². The summed E-state index contributed by atoms with van der Waals surface area (Å²) in [5.74, 6) is 0.780. The lowest BCUT2D eigenvalue weighted by Crippen LogP contribution is -2.34. The number of nitrogens with zero attached hydrogens (tertiary/aromatic N) is 3. The van der Waals surface area contributed by atoms with E-state index in [9.17, 15) is 13.2 Å². The Kier molecular flexibility index (Phi) is 6.19. The quantitative estimate of drug-likeness (QED) is 0.838. The molecule has 1 rings (SSSR count). The molecule has 0 bridgehead atoms. The third-order valence-corrected chi connectivity index (χ3v) is 2.63. The molecule has 0 saturated heterocycles. The van der Waals surface area contributed by atoms with E-state index in [0.29, 0.717) is 12.5 Å². The summed E-state index contributed by atoms with van der Waals surface area (Å²) in [5.41, 5.74) is 0.720. The van der Waals surface area contributed by atoms with Crippen LogP contribution >= 0.6 is 0 Å². The van der Waals surface area contributed by atoms with Crippen LogP contribution in [-0.4, -0.2) is 35.8 Å². The zero-order valence-corrected chi connectivity index (χ0v) is 12.0. The third kappa shape index (κ3) is 6.18. The van der Waals surface area contributed by atoms with Gasteiger partial charge in [-0.2, -0.15) is 13.2 Å². The molecule has 0 atom stereocenters. The first-order chi connectivity index (χ1) is 9.31. The van der Waals surface area contributed by atoms with E-state index < -0.39 is 12.7 Å². The smallest absolute Gasteiger partial charge is 0.347 e. The lowest BCUT2D eigenvalue weighted by Gasteiger charge is -2.22. The van der Waals surface area contributed by atoms with Crippen molar-refractivity contribution in [3.8, 4) is 0 Å². The molecule has 7 heteroatoms. The van der Waals surface area contributed by atoms with Crippen molar-refractivity contribution < 1.29 is 13.2 Å². The van der Waals surface area contributed by atoms with Gasteiger partial charge in [-0.3, -0.25) is 4.98 Å². The van der Waals surface area contributed by atoms with Crippen LogP contribution in [0.3, 0.4) is 0 Å². The van der Waals surface area contributed by atoms with Crippen LogP contribution in [0.1, 0.15) is 26.5 Å². The van der Waals surface area contributed by atoms with Crippen molar-refractivity contribution in [2.24, 2.45) is 5.92 Å². The van der Waals surface area contributed by atoms with Crippen molar-refractivity contribution in [3.05, 3.63) is 18.1 Å². The van der Waals surface area contributed by atoms with Gasteiger partial charge in [-0.05, 0) is 19.4 Å². The van der Waals surface area contributed by atoms with Gasteiger partial charge < -0.3 is 10.2 Å². The standard InChI is InChI=1S/C13H21F3N4/c1-4-20(9-13(14,15)16)12-8-18-11(7-19-12)6-17-5-10(2)3/h7-8,10,17H,4-6,9H2,1-3H3. The molecule has 114 valence electrons. The maximum atomic E-state index is 12.4. The third-order valence-electron chi connectivity index (χ3n) is 2.63. The van der Waals surface area contributed by atoms with Gasteiger partial charge in [-0.25, -0.2) is 4.98 Å². The summed E-state index contributed by atoms with van der Waals surface area (Å²) in [7, 11) is 0. The van der Waals surface area contributed by atoms with Crippen molar-refractivity contribution in [2.75, 3.05) is 24.5 Å². The fourth-order valence-corrected chi connectivity index (χ4v) is 1.66. The normalized spacial score (nSPS) is 11.9. The van der Waals surface area contributed by atoms with Gasteiger partial charge in [0.05, 0.1) is 18.1 Å². The number of rotatable bonds is 7. The average molecular weight is 290 g/mol. The Labute approximate surface area is 117 Å². The van der Waals surface area contributed by atoms with Crippen LogP contribution in [0.4, 0.5) is 19.0 Å². The van der Waals surface area contributed by atoms with E-state index in [0.717, 1.165) is 17.1 Å². The Bertz CT molecular complexity index is 390. The van der Waals surface area contributed by atoms with Crippen molar-refractivity contribution in [1.82, 2.24) is 15.3 Å². The van der Waals surface area contributed by atoms with Gasteiger partial charge in [0.2, 0.25) is 0 Å². The molecule has 0 amide bonds. The second-order valence-corrected chi connectivity index (χ2v) is 5.02. The van der Waals surface area contributed by atoms with Crippen LogP contribution in [0.15, 0.2) is 12.4 Å². The zero-order valence-electron chi connectivity index (χ0n) is 12.0. The monoisotopic (exact) mass is 290 g/mol. The highest BCUT2D eigenvalue weighted by atomic mass is 19.4. The average Bonchev–Trinajstić information content (AvgIpc) is 2.35. The van der Waals surface area contributed by atoms with Crippen molar-refractivity contribution in [3.63, 3.8) is 0 Å². The molecule has 0 spiro atoms. The Morgan fingerprint density at radius 1 is 1.25 bits per heavy atom. The van der Waals surface area contributed by atoms with E-state index in [1.807, 2.05) is 0 Å². The Morgan fingerprint density at radius 2 is 1.95 bits per heavy atom. The predicted octanol–water partition coefficient (Wildman–Crippen LogP) is 2.61. The molecular formula is C13H21F3N4. The van der Waals surface area contributed by atoms with Gasteiger partial charge in [0, 0.05) is 13.1 Å². The molecule has 0 fully saturated rings. The molecule has 0 radical (unpaired) electrons. The number of aromatic nitrogens is 2. The topological polar surface area (TPSA) is 41.1 Å². The van der Waals surface area contributed by atoms with Gasteiger partial charge in [-0.1, -0.05) is 13.8 Å². The second kappa shape index (κ2) is 7.42. The summed E-state index contributed by atoms with van der Waals surface area (Å²) < 4.78 is 37.2. The van der Waals surface area contributed by atoms with E-state index in [2.05, 4.69) is 29.1 Å². The lowest BCUT2D eigenvalue weighted by molar-refractivity contribution is -0.119. The van der Waals surface area contributed by atoms with E-state index >= 15 is 0 Å². The number of alkyl halides is 3. The molecule has 0 saturated carbocycles. The molecule has 1 heterocycles. The van der Waals surface area contributed by atoms with Crippen molar-refractivity contribution >= 4 is 5.82 Å². The van der Waals surface area contributed by atoms with Crippen molar-refractivity contribution in [1.29, 1.82) is 0 Å². The Hall–Kier alpha value is -1.37. The summed E-state index contributed by atoms with van der Waals surface area (Å²) in [4.78, 5) is 9.35. The van der Waals surface area contributed by atoms with Crippen LogP contribution in [0.25, 0.3) is 0 Å². The fraction of sp³-hybridized carbons (Fsp3) is 0.692. The molecule has 0 aliphatic rings. The van der Waals surface area contributed by atoms with E-state index in [-0.39, 0.29) is 12.4 Å². The van der Waals surface area contributed by atoms with Crippen LogP contribution in [0, 0.1) is 5.92 Å². The second-order valence-electron chi connectivity index (χ2n) is 5.02. The van der Waals surface area contributed by atoms with Gasteiger partial charge in [-0.15, -0.1) is 0 Å². The number of anilines is 1. The summed E-state index contributed by atoms with van der Waals surface area (Å²) in [6, 6.07) is 0. The highest BCUT2D eigenvalue weighted by molar-refractivity contribution is 5.35. The molecular weight excluding hydrogens is 269 g/mol. The molecule has 1 N–H and O–H groups in total. The summed E-state index contributed by atoms with van der Waals surface area (Å²) in [6.07, 6.45) is -1.33. The highest BCUT2D eigenvalue weighted by Crippen LogP contribution is 2.19. The molecule has 0 aliphatic heterocycles. The first-order valence-corrected chi connectivity index (χ1v) is 6.65. The zero-order chi connectivity index (χ0) is 15.2.